The fraction of sp³-hybridized carbons (Fsp3) is 0.294. The van der Waals surface area contributed by atoms with Crippen molar-refractivity contribution < 1.29 is 9.84 Å². The van der Waals surface area contributed by atoms with E-state index in [0.717, 1.165) is 30.8 Å². The molecule has 0 atom stereocenters. The summed E-state index contributed by atoms with van der Waals surface area (Å²) in [7, 11) is 0. The Kier molecular flexibility index (Phi) is 5.32. The summed E-state index contributed by atoms with van der Waals surface area (Å²) in [5, 5.41) is 12.6. The molecule has 0 aromatic heterocycles. The first-order valence-corrected chi connectivity index (χ1v) is 7.22. The molecule has 4 N–H and O–H groups in total. The first-order valence-electron chi connectivity index (χ1n) is 7.22. The molecule has 0 fully saturated rings. The minimum atomic E-state index is 0.292. The van der Waals surface area contributed by atoms with Gasteiger partial charge in [-0.2, -0.15) is 0 Å². The SMILES string of the molecule is CCCOc1cc(N)cc(NCCc2ccc(O)cc2)c1. The summed E-state index contributed by atoms with van der Waals surface area (Å²) in [6.45, 7) is 3.56. The Morgan fingerprint density at radius 3 is 2.62 bits per heavy atom. The van der Waals surface area contributed by atoms with E-state index in [4.69, 9.17) is 10.5 Å². The monoisotopic (exact) mass is 286 g/mol. The summed E-state index contributed by atoms with van der Waals surface area (Å²) < 4.78 is 5.61. The Morgan fingerprint density at radius 1 is 1.14 bits per heavy atom. The lowest BCUT2D eigenvalue weighted by molar-refractivity contribution is 0.318. The summed E-state index contributed by atoms with van der Waals surface area (Å²) in [5.41, 5.74) is 8.70. The molecule has 0 aliphatic heterocycles. The largest absolute Gasteiger partial charge is 0.508 e. The molecule has 0 aliphatic rings. The van der Waals surface area contributed by atoms with Crippen LogP contribution in [0.4, 0.5) is 11.4 Å². The predicted octanol–water partition coefficient (Wildman–Crippen LogP) is 3.42. The number of phenolic OH excluding ortho intramolecular Hbond substituents is 1. The van der Waals surface area contributed by atoms with E-state index >= 15 is 0 Å². The Labute approximate surface area is 125 Å². The fourth-order valence-corrected chi connectivity index (χ4v) is 2.04. The number of aromatic hydroxyl groups is 1. The highest BCUT2D eigenvalue weighted by Gasteiger charge is 2.00. The third-order valence-electron chi connectivity index (χ3n) is 3.08. The van der Waals surface area contributed by atoms with Gasteiger partial charge in [-0.15, -0.1) is 0 Å². The van der Waals surface area contributed by atoms with Crippen LogP contribution in [0.1, 0.15) is 18.9 Å². The number of anilines is 2. The number of hydrogen-bond acceptors (Lipinski definition) is 4. The Balaban J connectivity index is 1.90. The maximum absolute atomic E-state index is 9.25. The van der Waals surface area contributed by atoms with Crippen LogP contribution in [0.15, 0.2) is 42.5 Å². The third-order valence-corrected chi connectivity index (χ3v) is 3.08. The molecule has 0 saturated carbocycles. The summed E-state index contributed by atoms with van der Waals surface area (Å²) >= 11 is 0. The van der Waals surface area contributed by atoms with Crippen molar-refractivity contribution in [3.8, 4) is 11.5 Å². The second kappa shape index (κ2) is 7.43. The van der Waals surface area contributed by atoms with Gasteiger partial charge in [-0.25, -0.2) is 0 Å². The van der Waals surface area contributed by atoms with Crippen molar-refractivity contribution in [3.05, 3.63) is 48.0 Å². The summed E-state index contributed by atoms with van der Waals surface area (Å²) in [5.74, 6) is 1.09. The molecule has 0 amide bonds. The van der Waals surface area contributed by atoms with E-state index in [2.05, 4.69) is 12.2 Å². The molecule has 4 heteroatoms. The van der Waals surface area contributed by atoms with Crippen LogP contribution in [-0.2, 0) is 6.42 Å². The quantitative estimate of drug-likeness (QED) is 0.682. The van der Waals surface area contributed by atoms with E-state index in [1.54, 1.807) is 12.1 Å². The van der Waals surface area contributed by atoms with Crippen molar-refractivity contribution >= 4 is 11.4 Å². The highest BCUT2D eigenvalue weighted by atomic mass is 16.5. The molecule has 0 unspecified atom stereocenters. The number of nitrogens with one attached hydrogen (secondary N) is 1. The Morgan fingerprint density at radius 2 is 1.90 bits per heavy atom. The predicted molar refractivity (Wildman–Crippen MR) is 86.9 cm³/mol. The molecule has 4 nitrogen and oxygen atoms in total. The van der Waals surface area contributed by atoms with Gasteiger partial charge >= 0.3 is 0 Å². The summed E-state index contributed by atoms with van der Waals surface area (Å²) in [6, 6.07) is 12.9. The van der Waals surface area contributed by atoms with Gasteiger partial charge in [0.05, 0.1) is 6.61 Å². The van der Waals surface area contributed by atoms with Gasteiger partial charge in [0.15, 0.2) is 0 Å². The standard InChI is InChI=1S/C17H22N2O2/c1-2-9-21-17-11-14(18)10-15(12-17)19-8-7-13-3-5-16(20)6-4-13/h3-6,10-12,19-20H,2,7-9,18H2,1H3. The van der Waals surface area contributed by atoms with E-state index in [1.165, 1.54) is 5.56 Å². The van der Waals surface area contributed by atoms with Gasteiger partial charge in [0, 0.05) is 30.1 Å². The third kappa shape index (κ3) is 4.91. The van der Waals surface area contributed by atoms with Gasteiger partial charge in [0.1, 0.15) is 11.5 Å². The topological polar surface area (TPSA) is 67.5 Å². The molecule has 2 aromatic rings. The van der Waals surface area contributed by atoms with Crippen molar-refractivity contribution in [3.63, 3.8) is 0 Å². The molecule has 2 aromatic carbocycles. The average molecular weight is 286 g/mol. The number of nitrogens with two attached hydrogens (primary N) is 1. The van der Waals surface area contributed by atoms with Crippen LogP contribution >= 0.6 is 0 Å². The van der Waals surface area contributed by atoms with Crippen LogP contribution in [0.2, 0.25) is 0 Å². The molecule has 0 saturated heterocycles. The van der Waals surface area contributed by atoms with Crippen LogP contribution in [0, 0.1) is 0 Å². The molecule has 0 heterocycles. The normalized spacial score (nSPS) is 10.3. The number of benzene rings is 2. The zero-order chi connectivity index (χ0) is 15.1. The van der Waals surface area contributed by atoms with Crippen molar-refractivity contribution in [1.82, 2.24) is 0 Å². The summed E-state index contributed by atoms with van der Waals surface area (Å²) in [6.07, 6.45) is 1.85. The molecule has 0 radical (unpaired) electrons. The van der Waals surface area contributed by atoms with E-state index < -0.39 is 0 Å². The smallest absolute Gasteiger partial charge is 0.123 e. The van der Waals surface area contributed by atoms with E-state index in [1.807, 2.05) is 30.3 Å². The number of phenols is 1. The van der Waals surface area contributed by atoms with Crippen LogP contribution < -0.4 is 15.8 Å². The van der Waals surface area contributed by atoms with Crippen molar-refractivity contribution in [2.24, 2.45) is 0 Å². The maximum Gasteiger partial charge on any atom is 0.123 e. The molecular formula is C17H22N2O2. The number of rotatable bonds is 7. The van der Waals surface area contributed by atoms with Gasteiger partial charge in [0.2, 0.25) is 0 Å². The average Bonchev–Trinajstić information content (AvgIpc) is 2.47. The van der Waals surface area contributed by atoms with E-state index in [9.17, 15) is 5.11 Å². The van der Waals surface area contributed by atoms with E-state index in [0.29, 0.717) is 18.0 Å². The number of nitrogen functional groups attached to an aromatic ring is 1. The number of hydrogen-bond donors (Lipinski definition) is 3. The molecule has 21 heavy (non-hydrogen) atoms. The molecule has 0 spiro atoms. The lowest BCUT2D eigenvalue weighted by Crippen LogP contribution is -2.06. The lowest BCUT2D eigenvalue weighted by atomic mass is 10.1. The van der Waals surface area contributed by atoms with Gasteiger partial charge < -0.3 is 20.9 Å². The Bertz CT molecular complexity index is 568. The zero-order valence-corrected chi connectivity index (χ0v) is 12.3. The summed E-state index contributed by atoms with van der Waals surface area (Å²) in [4.78, 5) is 0. The first kappa shape index (κ1) is 15.0. The lowest BCUT2D eigenvalue weighted by Gasteiger charge is -2.11. The minimum Gasteiger partial charge on any atom is -0.508 e. The van der Waals surface area contributed by atoms with Crippen molar-refractivity contribution in [2.75, 3.05) is 24.2 Å². The maximum atomic E-state index is 9.25. The Hall–Kier alpha value is -2.36. The van der Waals surface area contributed by atoms with Gasteiger partial charge in [0.25, 0.3) is 0 Å². The fourth-order valence-electron chi connectivity index (χ4n) is 2.04. The van der Waals surface area contributed by atoms with Crippen molar-refractivity contribution in [1.29, 1.82) is 0 Å². The van der Waals surface area contributed by atoms with Crippen molar-refractivity contribution in [2.45, 2.75) is 19.8 Å². The zero-order valence-electron chi connectivity index (χ0n) is 12.3. The number of ether oxygens (including phenoxy) is 1. The molecular weight excluding hydrogens is 264 g/mol. The second-order valence-electron chi connectivity index (χ2n) is 4.98. The highest BCUT2D eigenvalue weighted by Crippen LogP contribution is 2.22. The second-order valence-corrected chi connectivity index (χ2v) is 4.98. The van der Waals surface area contributed by atoms with Crippen LogP contribution in [0.5, 0.6) is 11.5 Å². The highest BCUT2D eigenvalue weighted by molar-refractivity contribution is 5.59. The van der Waals surface area contributed by atoms with Crippen LogP contribution in [-0.4, -0.2) is 18.3 Å². The first-order chi connectivity index (χ1) is 10.2. The van der Waals surface area contributed by atoms with Crippen LogP contribution in [0.3, 0.4) is 0 Å². The molecule has 2 rings (SSSR count). The minimum absolute atomic E-state index is 0.292. The van der Waals surface area contributed by atoms with Gasteiger partial charge in [-0.3, -0.25) is 0 Å². The molecule has 0 aliphatic carbocycles. The molecule has 112 valence electrons. The van der Waals surface area contributed by atoms with Gasteiger partial charge in [-0.1, -0.05) is 19.1 Å². The van der Waals surface area contributed by atoms with Gasteiger partial charge in [-0.05, 0) is 36.6 Å². The van der Waals surface area contributed by atoms with E-state index in [-0.39, 0.29) is 0 Å². The molecule has 0 bridgehead atoms. The van der Waals surface area contributed by atoms with Crippen LogP contribution in [0.25, 0.3) is 0 Å².